The molecule has 1 aliphatic heterocycles. The monoisotopic (exact) mass is 329 g/mol. The second-order valence-electron chi connectivity index (χ2n) is 6.07. The summed E-state index contributed by atoms with van der Waals surface area (Å²) in [5.41, 5.74) is 0.972. The lowest BCUT2D eigenvalue weighted by Crippen LogP contribution is -3.14. The van der Waals surface area contributed by atoms with Gasteiger partial charge in [-0.1, -0.05) is 36.2 Å². The van der Waals surface area contributed by atoms with Gasteiger partial charge in [-0.15, -0.1) is 0 Å². The molecule has 1 saturated heterocycles. The minimum atomic E-state index is -0.0598. The molecule has 3 nitrogen and oxygen atoms in total. The molecule has 1 heterocycles. The average molecular weight is 330 g/mol. The highest BCUT2D eigenvalue weighted by Gasteiger charge is 2.22. The first kappa shape index (κ1) is 16.6. The van der Waals surface area contributed by atoms with Crippen molar-refractivity contribution in [1.82, 2.24) is 5.32 Å². The predicted octanol–water partition coefficient (Wildman–Crippen LogP) is 2.49. The molecule has 1 aromatic rings. The standard InChI is InChI=1S/C16H22Cl2N2O/c1-11-5-7-20(8-6-11)10-16(21)19-12(2)13-3-4-14(17)15(18)9-13/h3-4,9,11-12H,5-8,10H2,1-2H3,(H,19,21)/p+1/t12-/m1/s1. The number of piperidine rings is 1. The first-order chi connectivity index (χ1) is 9.95. The van der Waals surface area contributed by atoms with Gasteiger partial charge in [0.25, 0.3) is 5.91 Å². The Hall–Kier alpha value is -0.770. The van der Waals surface area contributed by atoms with Gasteiger partial charge in [0.05, 0.1) is 29.2 Å². The molecule has 2 rings (SSSR count). The van der Waals surface area contributed by atoms with Crippen molar-refractivity contribution < 1.29 is 9.69 Å². The van der Waals surface area contributed by atoms with Crippen LogP contribution < -0.4 is 10.2 Å². The fourth-order valence-corrected chi connectivity index (χ4v) is 3.04. The third kappa shape index (κ3) is 4.87. The third-order valence-corrected chi connectivity index (χ3v) is 4.95. The van der Waals surface area contributed by atoms with E-state index < -0.39 is 0 Å². The van der Waals surface area contributed by atoms with E-state index in [-0.39, 0.29) is 11.9 Å². The normalized spacial score (nSPS) is 23.6. The van der Waals surface area contributed by atoms with Gasteiger partial charge in [-0.3, -0.25) is 4.79 Å². The van der Waals surface area contributed by atoms with Crippen LogP contribution in [0.4, 0.5) is 0 Å². The minimum absolute atomic E-state index is 0.0598. The van der Waals surface area contributed by atoms with Gasteiger partial charge in [0.15, 0.2) is 6.54 Å². The van der Waals surface area contributed by atoms with Crippen LogP contribution in [0.25, 0.3) is 0 Å². The topological polar surface area (TPSA) is 33.5 Å². The van der Waals surface area contributed by atoms with Crippen LogP contribution in [0.2, 0.25) is 10.0 Å². The van der Waals surface area contributed by atoms with Gasteiger partial charge in [-0.25, -0.2) is 0 Å². The first-order valence-electron chi connectivity index (χ1n) is 7.53. The van der Waals surface area contributed by atoms with Crippen molar-refractivity contribution >= 4 is 29.1 Å². The zero-order valence-corrected chi connectivity index (χ0v) is 14.1. The fourth-order valence-electron chi connectivity index (χ4n) is 2.73. The van der Waals surface area contributed by atoms with Gasteiger partial charge in [0, 0.05) is 0 Å². The Labute approximate surface area is 136 Å². The van der Waals surface area contributed by atoms with Gasteiger partial charge in [-0.2, -0.15) is 0 Å². The van der Waals surface area contributed by atoms with Crippen molar-refractivity contribution in [2.75, 3.05) is 19.6 Å². The predicted molar refractivity (Wildman–Crippen MR) is 87.0 cm³/mol. The molecule has 0 saturated carbocycles. The molecule has 0 bridgehead atoms. The zero-order chi connectivity index (χ0) is 15.4. The quantitative estimate of drug-likeness (QED) is 0.874. The molecule has 0 radical (unpaired) electrons. The van der Waals surface area contributed by atoms with Crippen molar-refractivity contribution in [2.45, 2.75) is 32.7 Å². The Balaban J connectivity index is 1.85. The number of likely N-dealkylation sites (tertiary alicyclic amines) is 1. The fraction of sp³-hybridized carbons (Fsp3) is 0.562. The summed E-state index contributed by atoms with van der Waals surface area (Å²) in [6.45, 7) is 6.98. The Bertz CT molecular complexity index is 499. The molecule has 1 aliphatic rings. The van der Waals surface area contributed by atoms with Crippen molar-refractivity contribution in [1.29, 1.82) is 0 Å². The summed E-state index contributed by atoms with van der Waals surface area (Å²) in [6.07, 6.45) is 2.43. The molecule has 1 fully saturated rings. The summed E-state index contributed by atoms with van der Waals surface area (Å²) < 4.78 is 0. The Kier molecular flexibility index (Phi) is 5.91. The van der Waals surface area contributed by atoms with Crippen LogP contribution in [0.15, 0.2) is 18.2 Å². The summed E-state index contributed by atoms with van der Waals surface area (Å²) in [7, 11) is 0. The van der Waals surface area contributed by atoms with Crippen molar-refractivity contribution in [3.8, 4) is 0 Å². The number of hydrogen-bond acceptors (Lipinski definition) is 1. The van der Waals surface area contributed by atoms with Crippen molar-refractivity contribution in [3.63, 3.8) is 0 Å². The van der Waals surface area contributed by atoms with E-state index in [0.29, 0.717) is 16.6 Å². The molecule has 2 N–H and O–H groups in total. The van der Waals surface area contributed by atoms with E-state index >= 15 is 0 Å². The summed E-state index contributed by atoms with van der Waals surface area (Å²) in [4.78, 5) is 13.5. The van der Waals surface area contributed by atoms with E-state index in [2.05, 4.69) is 12.2 Å². The maximum atomic E-state index is 12.1. The number of hydrogen-bond donors (Lipinski definition) is 2. The molecule has 21 heavy (non-hydrogen) atoms. The molecule has 1 aromatic carbocycles. The minimum Gasteiger partial charge on any atom is -0.345 e. The molecule has 1 atom stereocenters. The maximum absolute atomic E-state index is 12.1. The maximum Gasteiger partial charge on any atom is 0.275 e. The van der Waals surface area contributed by atoms with Crippen LogP contribution in [0, 0.1) is 5.92 Å². The van der Waals surface area contributed by atoms with Gasteiger partial charge < -0.3 is 10.2 Å². The number of benzene rings is 1. The number of nitrogens with one attached hydrogen (secondary N) is 2. The van der Waals surface area contributed by atoms with Crippen molar-refractivity contribution in [3.05, 3.63) is 33.8 Å². The highest BCUT2D eigenvalue weighted by atomic mass is 35.5. The lowest BCUT2D eigenvalue weighted by atomic mass is 9.99. The number of carbonyl (C=O) groups is 1. The van der Waals surface area contributed by atoms with Crippen LogP contribution in [0.1, 0.15) is 38.3 Å². The Morgan fingerprint density at radius 3 is 2.62 bits per heavy atom. The number of quaternary nitrogens is 1. The molecular formula is C16H23Cl2N2O+. The molecule has 0 aliphatic carbocycles. The lowest BCUT2D eigenvalue weighted by molar-refractivity contribution is -0.898. The number of carbonyl (C=O) groups excluding carboxylic acids is 1. The van der Waals surface area contributed by atoms with Crippen LogP contribution >= 0.6 is 23.2 Å². The van der Waals surface area contributed by atoms with Crippen molar-refractivity contribution in [2.24, 2.45) is 5.92 Å². The van der Waals surface area contributed by atoms with E-state index in [1.54, 1.807) is 6.07 Å². The number of amides is 1. The Morgan fingerprint density at radius 2 is 2.00 bits per heavy atom. The van der Waals surface area contributed by atoms with Crippen LogP contribution in [0.3, 0.4) is 0 Å². The summed E-state index contributed by atoms with van der Waals surface area (Å²) >= 11 is 11.9. The van der Waals surface area contributed by atoms with E-state index in [0.717, 1.165) is 24.6 Å². The smallest absolute Gasteiger partial charge is 0.275 e. The summed E-state index contributed by atoms with van der Waals surface area (Å²) in [5, 5.41) is 4.09. The number of halogens is 2. The second kappa shape index (κ2) is 7.48. The van der Waals surface area contributed by atoms with E-state index in [9.17, 15) is 4.79 Å². The second-order valence-corrected chi connectivity index (χ2v) is 6.89. The highest BCUT2D eigenvalue weighted by Crippen LogP contribution is 2.25. The largest absolute Gasteiger partial charge is 0.345 e. The highest BCUT2D eigenvalue weighted by molar-refractivity contribution is 6.42. The molecule has 116 valence electrons. The zero-order valence-electron chi connectivity index (χ0n) is 12.6. The van der Waals surface area contributed by atoms with Crippen LogP contribution in [0.5, 0.6) is 0 Å². The molecule has 1 amide bonds. The molecular weight excluding hydrogens is 307 g/mol. The molecule has 0 unspecified atom stereocenters. The van der Waals surface area contributed by atoms with Gasteiger partial charge in [0.2, 0.25) is 0 Å². The van der Waals surface area contributed by atoms with Gasteiger partial charge >= 0.3 is 0 Å². The molecule has 0 aromatic heterocycles. The van der Waals surface area contributed by atoms with Gasteiger partial charge in [-0.05, 0) is 43.4 Å². The van der Waals surface area contributed by atoms with E-state index in [4.69, 9.17) is 23.2 Å². The third-order valence-electron chi connectivity index (χ3n) is 4.21. The van der Waals surface area contributed by atoms with Crippen LogP contribution in [-0.2, 0) is 4.79 Å². The summed E-state index contributed by atoms with van der Waals surface area (Å²) in [6, 6.07) is 5.41. The SMILES string of the molecule is CC1CC[NH+](CC(=O)N[C@H](C)c2ccc(Cl)c(Cl)c2)CC1. The van der Waals surface area contributed by atoms with E-state index in [1.165, 1.54) is 17.7 Å². The van der Waals surface area contributed by atoms with Gasteiger partial charge in [0.1, 0.15) is 0 Å². The van der Waals surface area contributed by atoms with Crippen LogP contribution in [-0.4, -0.2) is 25.5 Å². The average Bonchev–Trinajstić information content (AvgIpc) is 2.44. The molecule has 5 heteroatoms. The first-order valence-corrected chi connectivity index (χ1v) is 8.29. The summed E-state index contributed by atoms with van der Waals surface area (Å²) in [5.74, 6) is 0.894. The lowest BCUT2D eigenvalue weighted by Gasteiger charge is -2.27. The Morgan fingerprint density at radius 1 is 1.33 bits per heavy atom. The van der Waals surface area contributed by atoms with E-state index in [1.807, 2.05) is 19.1 Å². The number of rotatable bonds is 4. The molecule has 0 spiro atoms.